The molecule has 0 unspecified atom stereocenters. The molecule has 102 valence electrons. The van der Waals surface area contributed by atoms with Crippen LogP contribution in [-0.4, -0.2) is 21.1 Å². The van der Waals surface area contributed by atoms with Crippen molar-refractivity contribution in [1.29, 1.82) is 0 Å². The summed E-state index contributed by atoms with van der Waals surface area (Å²) in [5.41, 5.74) is 5.78. The van der Waals surface area contributed by atoms with Crippen molar-refractivity contribution in [2.45, 2.75) is 0 Å². The first-order valence-corrected chi connectivity index (χ1v) is 6.16. The lowest BCUT2D eigenvalue weighted by molar-refractivity contribution is 0.0941. The van der Waals surface area contributed by atoms with Gasteiger partial charge in [0.1, 0.15) is 16.5 Å². The Morgan fingerprint density at radius 1 is 0.950 bits per heavy atom. The molecule has 0 heterocycles. The first-order chi connectivity index (χ1) is 9.58. The second kappa shape index (κ2) is 6.03. The lowest BCUT2D eigenvalue weighted by Gasteiger charge is -2.10. The van der Waals surface area contributed by atoms with Crippen LogP contribution in [0.25, 0.3) is 0 Å². The minimum Gasteiger partial charge on any atom is -0.508 e. The molecule has 0 fully saturated rings. The Balaban J connectivity index is 1.99. The first-order valence-electron chi connectivity index (χ1n) is 5.75. The largest absolute Gasteiger partial charge is 0.508 e. The molecule has 0 radical (unpaired) electrons. The fourth-order valence-electron chi connectivity index (χ4n) is 1.53. The Kier molecular flexibility index (Phi) is 4.17. The van der Waals surface area contributed by atoms with Gasteiger partial charge < -0.3 is 10.2 Å². The SMILES string of the molecule is O=C(NNC(=S)c1ccc(O)cc1)c1ccccc1O. The Bertz CT molecular complexity index is 641. The van der Waals surface area contributed by atoms with Gasteiger partial charge in [-0.25, -0.2) is 0 Å². The van der Waals surface area contributed by atoms with Crippen LogP contribution in [0.5, 0.6) is 11.5 Å². The molecule has 0 bridgehead atoms. The quantitative estimate of drug-likeness (QED) is 0.499. The minimum absolute atomic E-state index is 0.109. The molecule has 0 aliphatic carbocycles. The zero-order chi connectivity index (χ0) is 14.5. The number of benzene rings is 2. The molecule has 0 saturated carbocycles. The minimum atomic E-state index is -0.496. The van der Waals surface area contributed by atoms with Gasteiger partial charge in [0.15, 0.2) is 0 Å². The number of hydrogen-bond donors (Lipinski definition) is 4. The molecule has 0 aliphatic rings. The van der Waals surface area contributed by atoms with Gasteiger partial charge >= 0.3 is 0 Å². The standard InChI is InChI=1S/C14H12N2O3S/c17-10-7-5-9(6-8-10)14(20)16-15-13(19)11-3-1-2-4-12(11)18/h1-8,17-18H,(H,15,19)(H,16,20). The third kappa shape index (κ3) is 3.24. The van der Waals surface area contributed by atoms with Gasteiger partial charge in [0.25, 0.3) is 5.91 Å². The van der Waals surface area contributed by atoms with E-state index in [1.807, 2.05) is 0 Å². The number of hydrazine groups is 1. The highest BCUT2D eigenvalue weighted by molar-refractivity contribution is 7.80. The zero-order valence-electron chi connectivity index (χ0n) is 10.3. The summed E-state index contributed by atoms with van der Waals surface area (Å²) in [6, 6.07) is 12.4. The molecule has 0 saturated heterocycles. The summed E-state index contributed by atoms with van der Waals surface area (Å²) < 4.78 is 0. The average molecular weight is 288 g/mol. The van der Waals surface area contributed by atoms with Crippen LogP contribution in [0.4, 0.5) is 0 Å². The van der Waals surface area contributed by atoms with Crippen molar-refractivity contribution in [3.63, 3.8) is 0 Å². The van der Waals surface area contributed by atoms with Gasteiger partial charge in [-0.2, -0.15) is 0 Å². The number of para-hydroxylation sites is 1. The summed E-state index contributed by atoms with van der Waals surface area (Å²) in [6.07, 6.45) is 0. The Labute approximate surface area is 120 Å². The van der Waals surface area contributed by atoms with Crippen LogP contribution in [0.15, 0.2) is 48.5 Å². The number of nitrogens with one attached hydrogen (secondary N) is 2. The number of rotatable bonds is 2. The molecule has 0 spiro atoms. The lowest BCUT2D eigenvalue weighted by atomic mass is 10.2. The summed E-state index contributed by atoms with van der Waals surface area (Å²) >= 11 is 5.10. The van der Waals surface area contributed by atoms with Crippen LogP contribution in [-0.2, 0) is 0 Å². The van der Waals surface area contributed by atoms with Crippen molar-refractivity contribution in [2.75, 3.05) is 0 Å². The van der Waals surface area contributed by atoms with E-state index < -0.39 is 5.91 Å². The second-order valence-electron chi connectivity index (χ2n) is 3.97. The molecule has 4 N–H and O–H groups in total. The van der Waals surface area contributed by atoms with E-state index in [4.69, 9.17) is 12.2 Å². The highest BCUT2D eigenvalue weighted by Crippen LogP contribution is 2.14. The summed E-state index contributed by atoms with van der Waals surface area (Å²) in [5, 5.41) is 18.7. The van der Waals surface area contributed by atoms with Crippen molar-refractivity contribution in [2.24, 2.45) is 0 Å². The van der Waals surface area contributed by atoms with E-state index in [1.165, 1.54) is 24.3 Å². The number of phenols is 2. The number of thiocarbonyl (C=S) groups is 1. The van der Waals surface area contributed by atoms with Crippen molar-refractivity contribution in [1.82, 2.24) is 10.9 Å². The van der Waals surface area contributed by atoms with Crippen LogP contribution in [0, 0.1) is 0 Å². The highest BCUT2D eigenvalue weighted by atomic mass is 32.1. The van der Waals surface area contributed by atoms with Crippen LogP contribution < -0.4 is 10.9 Å². The van der Waals surface area contributed by atoms with Gasteiger partial charge in [0, 0.05) is 5.56 Å². The summed E-state index contributed by atoms with van der Waals surface area (Å²) in [6.45, 7) is 0. The van der Waals surface area contributed by atoms with Gasteiger partial charge in [-0.3, -0.25) is 15.6 Å². The van der Waals surface area contributed by atoms with Gasteiger partial charge in [-0.1, -0.05) is 24.4 Å². The maximum absolute atomic E-state index is 11.8. The molecule has 2 aromatic rings. The number of carbonyl (C=O) groups excluding carboxylic acids is 1. The third-order valence-electron chi connectivity index (χ3n) is 2.57. The summed E-state index contributed by atoms with van der Waals surface area (Å²) in [7, 11) is 0. The smallest absolute Gasteiger partial charge is 0.273 e. The predicted molar refractivity (Wildman–Crippen MR) is 78.5 cm³/mol. The monoisotopic (exact) mass is 288 g/mol. The Morgan fingerprint density at radius 3 is 2.25 bits per heavy atom. The lowest BCUT2D eigenvalue weighted by Crippen LogP contribution is -2.41. The maximum Gasteiger partial charge on any atom is 0.273 e. The average Bonchev–Trinajstić information content (AvgIpc) is 2.45. The second-order valence-corrected chi connectivity index (χ2v) is 4.38. The number of carbonyl (C=O) groups is 1. The molecule has 6 heteroatoms. The molecule has 0 atom stereocenters. The van der Waals surface area contributed by atoms with Crippen molar-refractivity contribution >= 4 is 23.1 Å². The normalized spacial score (nSPS) is 9.80. The van der Waals surface area contributed by atoms with Crippen LogP contribution in [0.3, 0.4) is 0 Å². The first kappa shape index (κ1) is 13.8. The van der Waals surface area contributed by atoms with Crippen molar-refractivity contribution < 1.29 is 15.0 Å². The molecule has 2 rings (SSSR count). The highest BCUT2D eigenvalue weighted by Gasteiger charge is 2.10. The number of aromatic hydroxyl groups is 2. The van der Waals surface area contributed by atoms with E-state index in [-0.39, 0.29) is 17.1 Å². The topological polar surface area (TPSA) is 81.6 Å². The molecule has 0 aromatic heterocycles. The predicted octanol–water partition coefficient (Wildman–Crippen LogP) is 1.71. The van der Waals surface area contributed by atoms with Crippen LogP contribution in [0.1, 0.15) is 15.9 Å². The van der Waals surface area contributed by atoms with E-state index in [0.717, 1.165) is 0 Å². The fourth-order valence-corrected chi connectivity index (χ4v) is 1.72. The van der Waals surface area contributed by atoms with Crippen LogP contribution >= 0.6 is 12.2 Å². The van der Waals surface area contributed by atoms with E-state index in [1.54, 1.807) is 24.3 Å². The number of amides is 1. The van der Waals surface area contributed by atoms with E-state index in [2.05, 4.69) is 10.9 Å². The Hall–Kier alpha value is -2.60. The Morgan fingerprint density at radius 2 is 1.60 bits per heavy atom. The van der Waals surface area contributed by atoms with Gasteiger partial charge in [0.05, 0.1) is 5.56 Å². The van der Waals surface area contributed by atoms with Crippen molar-refractivity contribution in [3.05, 3.63) is 59.7 Å². The van der Waals surface area contributed by atoms with Gasteiger partial charge in [0.2, 0.25) is 0 Å². The van der Waals surface area contributed by atoms with Gasteiger partial charge in [-0.05, 0) is 36.4 Å². The zero-order valence-corrected chi connectivity index (χ0v) is 11.1. The van der Waals surface area contributed by atoms with Gasteiger partial charge in [-0.15, -0.1) is 0 Å². The number of hydrogen-bond acceptors (Lipinski definition) is 4. The molecular weight excluding hydrogens is 276 g/mol. The van der Waals surface area contributed by atoms with E-state index in [9.17, 15) is 15.0 Å². The molecule has 20 heavy (non-hydrogen) atoms. The molecule has 5 nitrogen and oxygen atoms in total. The van der Waals surface area contributed by atoms with Crippen LogP contribution in [0.2, 0.25) is 0 Å². The molecule has 1 amide bonds. The molecule has 2 aromatic carbocycles. The van der Waals surface area contributed by atoms with E-state index in [0.29, 0.717) is 10.6 Å². The molecule has 0 aliphatic heterocycles. The fraction of sp³-hybridized carbons (Fsp3) is 0. The third-order valence-corrected chi connectivity index (χ3v) is 2.91. The maximum atomic E-state index is 11.8. The molecular formula is C14H12N2O3S. The van der Waals surface area contributed by atoms with Crippen molar-refractivity contribution in [3.8, 4) is 11.5 Å². The number of phenolic OH excluding ortho intramolecular Hbond substituents is 2. The summed E-state index contributed by atoms with van der Waals surface area (Å²) in [4.78, 5) is 12.1. The van der Waals surface area contributed by atoms with E-state index >= 15 is 0 Å². The summed E-state index contributed by atoms with van der Waals surface area (Å²) in [5.74, 6) is -0.471.